The van der Waals surface area contributed by atoms with Crippen molar-refractivity contribution in [3.8, 4) is 0 Å². The van der Waals surface area contributed by atoms with E-state index in [4.69, 9.17) is 0 Å². The van der Waals surface area contributed by atoms with Crippen LogP contribution >= 0.6 is 15.9 Å². The van der Waals surface area contributed by atoms with Gasteiger partial charge in [0.05, 0.1) is 4.83 Å². The largest absolute Gasteiger partial charge is 0.293 e. The molecule has 0 aromatic rings. The standard InChI is InChI=1S/C12H15BrO/c1-12(2)7-10(13)11(14)8-5-3-4-6-9(8)12/h3-5,9-10H,6-7H2,1-2H3. The average Bonchev–Trinajstić information content (AvgIpc) is 2.14. The van der Waals surface area contributed by atoms with Crippen LogP contribution in [-0.2, 0) is 4.79 Å². The quantitative estimate of drug-likeness (QED) is 0.607. The van der Waals surface area contributed by atoms with Crippen LogP contribution in [0.1, 0.15) is 26.7 Å². The fourth-order valence-electron chi connectivity index (χ4n) is 2.50. The first-order valence-electron chi connectivity index (χ1n) is 5.07. The molecule has 0 saturated heterocycles. The van der Waals surface area contributed by atoms with E-state index in [-0.39, 0.29) is 10.2 Å². The lowest BCUT2D eigenvalue weighted by molar-refractivity contribution is -0.118. The third-order valence-corrected chi connectivity index (χ3v) is 4.12. The Balaban J connectivity index is 2.40. The molecule has 0 radical (unpaired) electrons. The topological polar surface area (TPSA) is 17.1 Å². The van der Waals surface area contributed by atoms with Crippen LogP contribution in [0.4, 0.5) is 0 Å². The van der Waals surface area contributed by atoms with Gasteiger partial charge in [0.25, 0.3) is 0 Å². The molecule has 1 nitrogen and oxygen atoms in total. The number of fused-ring (bicyclic) bond motifs is 1. The fourth-order valence-corrected chi connectivity index (χ4v) is 3.60. The molecule has 1 fully saturated rings. The molecule has 2 aliphatic rings. The van der Waals surface area contributed by atoms with Crippen molar-refractivity contribution in [2.24, 2.45) is 11.3 Å². The number of carbonyl (C=O) groups excluding carboxylic acids is 1. The molecule has 1 saturated carbocycles. The Kier molecular flexibility index (Phi) is 2.42. The van der Waals surface area contributed by atoms with E-state index in [0.717, 1.165) is 18.4 Å². The zero-order valence-corrected chi connectivity index (χ0v) is 10.2. The summed E-state index contributed by atoms with van der Waals surface area (Å²) in [6.07, 6.45) is 8.13. The van der Waals surface area contributed by atoms with Crippen LogP contribution in [0.25, 0.3) is 0 Å². The number of Topliss-reactive ketones (excluding diaryl/α,β-unsaturated/α-hetero) is 1. The molecule has 0 aromatic heterocycles. The summed E-state index contributed by atoms with van der Waals surface area (Å²) in [5.41, 5.74) is 1.25. The van der Waals surface area contributed by atoms with Crippen molar-refractivity contribution in [2.45, 2.75) is 31.5 Å². The number of rotatable bonds is 0. The van der Waals surface area contributed by atoms with Crippen molar-refractivity contribution < 1.29 is 4.79 Å². The summed E-state index contributed by atoms with van der Waals surface area (Å²) < 4.78 is 0. The van der Waals surface area contributed by atoms with E-state index >= 15 is 0 Å². The molecule has 2 unspecified atom stereocenters. The molecule has 0 bridgehead atoms. The molecule has 2 aliphatic carbocycles. The van der Waals surface area contributed by atoms with Crippen molar-refractivity contribution in [3.05, 3.63) is 23.8 Å². The number of ketones is 1. The Bertz CT molecular complexity index is 325. The van der Waals surface area contributed by atoms with Gasteiger partial charge in [0.2, 0.25) is 0 Å². The Hall–Kier alpha value is -0.370. The monoisotopic (exact) mass is 254 g/mol. The maximum atomic E-state index is 11.9. The van der Waals surface area contributed by atoms with Gasteiger partial charge >= 0.3 is 0 Å². The zero-order valence-electron chi connectivity index (χ0n) is 8.59. The van der Waals surface area contributed by atoms with Gasteiger partial charge in [0.1, 0.15) is 0 Å². The lowest BCUT2D eigenvalue weighted by Crippen LogP contribution is -2.40. The second kappa shape index (κ2) is 3.34. The van der Waals surface area contributed by atoms with Gasteiger partial charge in [-0.2, -0.15) is 0 Å². The van der Waals surface area contributed by atoms with Gasteiger partial charge in [-0.3, -0.25) is 4.79 Å². The zero-order chi connectivity index (χ0) is 10.3. The van der Waals surface area contributed by atoms with E-state index in [9.17, 15) is 4.79 Å². The first-order chi connectivity index (χ1) is 6.52. The molecule has 0 heterocycles. The number of allylic oxidation sites excluding steroid dienone is 4. The van der Waals surface area contributed by atoms with E-state index in [1.165, 1.54) is 0 Å². The van der Waals surface area contributed by atoms with Gasteiger partial charge in [-0.05, 0) is 24.2 Å². The SMILES string of the molecule is CC1(C)CC(Br)C(=O)C2=CC=CCC21. The molecule has 0 spiro atoms. The molecule has 14 heavy (non-hydrogen) atoms. The third-order valence-electron chi connectivity index (χ3n) is 3.38. The van der Waals surface area contributed by atoms with E-state index in [2.05, 4.69) is 35.9 Å². The highest BCUT2D eigenvalue weighted by Gasteiger charge is 2.43. The summed E-state index contributed by atoms with van der Waals surface area (Å²) in [6, 6.07) is 0. The minimum Gasteiger partial charge on any atom is -0.293 e. The second-order valence-corrected chi connectivity index (χ2v) is 5.97. The number of alkyl halides is 1. The minimum absolute atomic E-state index is 0.0199. The summed E-state index contributed by atoms with van der Waals surface area (Å²) in [5.74, 6) is 0.715. The highest BCUT2D eigenvalue weighted by Crippen LogP contribution is 2.47. The Morgan fingerprint density at radius 2 is 2.21 bits per heavy atom. The van der Waals surface area contributed by atoms with E-state index in [0.29, 0.717) is 11.7 Å². The predicted octanol–water partition coefficient (Wildman–Crippen LogP) is 3.25. The maximum absolute atomic E-state index is 11.9. The van der Waals surface area contributed by atoms with Crippen LogP contribution in [0.5, 0.6) is 0 Å². The number of hydrogen-bond acceptors (Lipinski definition) is 1. The van der Waals surface area contributed by atoms with Gasteiger partial charge in [-0.15, -0.1) is 0 Å². The summed E-state index contributed by atoms with van der Waals surface area (Å²) in [7, 11) is 0. The first kappa shape index (κ1) is 10.2. The molecular weight excluding hydrogens is 240 g/mol. The highest BCUT2D eigenvalue weighted by atomic mass is 79.9. The molecule has 2 heteroatoms. The van der Waals surface area contributed by atoms with E-state index in [1.54, 1.807) is 0 Å². The normalized spacial score (nSPS) is 35.1. The third kappa shape index (κ3) is 1.50. The van der Waals surface area contributed by atoms with Gasteiger partial charge in [0, 0.05) is 5.57 Å². The summed E-state index contributed by atoms with van der Waals surface area (Å²) in [5, 5.41) is 0. The molecule has 2 atom stereocenters. The lowest BCUT2D eigenvalue weighted by atomic mass is 9.63. The summed E-state index contributed by atoms with van der Waals surface area (Å²) >= 11 is 3.48. The van der Waals surface area contributed by atoms with Gasteiger partial charge in [-0.1, -0.05) is 48.0 Å². The maximum Gasteiger partial charge on any atom is 0.172 e. The van der Waals surface area contributed by atoms with Crippen LogP contribution in [0.15, 0.2) is 23.8 Å². The average molecular weight is 255 g/mol. The fraction of sp³-hybridized carbons (Fsp3) is 0.583. The van der Waals surface area contributed by atoms with E-state index in [1.807, 2.05) is 12.2 Å². The number of halogens is 1. The number of hydrogen-bond donors (Lipinski definition) is 0. The summed E-state index contributed by atoms with van der Waals surface area (Å²) in [6.45, 7) is 4.51. The Morgan fingerprint density at radius 3 is 2.93 bits per heavy atom. The smallest absolute Gasteiger partial charge is 0.172 e. The van der Waals surface area contributed by atoms with Gasteiger partial charge in [-0.25, -0.2) is 0 Å². The summed E-state index contributed by atoms with van der Waals surface area (Å²) in [4.78, 5) is 11.9. The van der Waals surface area contributed by atoms with Crippen LogP contribution in [0.3, 0.4) is 0 Å². The molecule has 2 rings (SSSR count). The van der Waals surface area contributed by atoms with E-state index < -0.39 is 0 Å². The van der Waals surface area contributed by atoms with Crippen LogP contribution in [0.2, 0.25) is 0 Å². The molecule has 0 amide bonds. The highest BCUT2D eigenvalue weighted by molar-refractivity contribution is 9.10. The molecular formula is C12H15BrO. The molecule has 0 aromatic carbocycles. The molecule has 0 aliphatic heterocycles. The van der Waals surface area contributed by atoms with Crippen LogP contribution < -0.4 is 0 Å². The van der Waals surface area contributed by atoms with Crippen LogP contribution in [0, 0.1) is 11.3 Å². The number of carbonyl (C=O) groups is 1. The van der Waals surface area contributed by atoms with Crippen LogP contribution in [-0.4, -0.2) is 10.6 Å². The second-order valence-electron chi connectivity index (χ2n) is 4.86. The Morgan fingerprint density at radius 1 is 1.50 bits per heavy atom. The van der Waals surface area contributed by atoms with Crippen molar-refractivity contribution in [3.63, 3.8) is 0 Å². The van der Waals surface area contributed by atoms with Crippen molar-refractivity contribution in [1.29, 1.82) is 0 Å². The lowest BCUT2D eigenvalue weighted by Gasteiger charge is -2.42. The minimum atomic E-state index is 0.0199. The van der Waals surface area contributed by atoms with Crippen molar-refractivity contribution >= 4 is 21.7 Å². The molecule has 0 N–H and O–H groups in total. The first-order valence-corrected chi connectivity index (χ1v) is 5.99. The van der Waals surface area contributed by atoms with Crippen molar-refractivity contribution in [2.75, 3.05) is 0 Å². The van der Waals surface area contributed by atoms with Gasteiger partial charge in [0.15, 0.2) is 5.78 Å². The van der Waals surface area contributed by atoms with Gasteiger partial charge < -0.3 is 0 Å². The predicted molar refractivity (Wildman–Crippen MR) is 61.5 cm³/mol. The van der Waals surface area contributed by atoms with Crippen molar-refractivity contribution in [1.82, 2.24) is 0 Å². The molecule has 76 valence electrons. The Labute approximate surface area is 93.4 Å².